The molecule has 2 aromatic carbocycles. The highest BCUT2D eigenvalue weighted by Gasteiger charge is 2.23. The fourth-order valence-electron chi connectivity index (χ4n) is 2.91. The van der Waals surface area contributed by atoms with Crippen molar-refractivity contribution in [3.63, 3.8) is 0 Å². The lowest BCUT2D eigenvalue weighted by molar-refractivity contribution is -0.126. The van der Waals surface area contributed by atoms with E-state index in [1.807, 2.05) is 24.3 Å². The lowest BCUT2D eigenvalue weighted by Gasteiger charge is -2.23. The molecule has 0 fully saturated rings. The second-order valence-electron chi connectivity index (χ2n) is 6.55. The van der Waals surface area contributed by atoms with Gasteiger partial charge in [-0.1, -0.05) is 29.4 Å². The van der Waals surface area contributed by atoms with E-state index in [9.17, 15) is 9.18 Å². The van der Waals surface area contributed by atoms with Crippen molar-refractivity contribution in [3.8, 4) is 17.1 Å². The molecule has 0 aliphatic rings. The van der Waals surface area contributed by atoms with Crippen LogP contribution in [0.25, 0.3) is 11.3 Å². The number of rotatable bonds is 7. The number of benzene rings is 2. The van der Waals surface area contributed by atoms with Crippen LogP contribution in [-0.2, 0) is 11.3 Å². The Morgan fingerprint density at radius 3 is 2.64 bits per heavy atom. The van der Waals surface area contributed by atoms with Gasteiger partial charge in [-0.15, -0.1) is 0 Å². The first-order valence-corrected chi connectivity index (χ1v) is 8.77. The molecule has 28 heavy (non-hydrogen) atoms. The Kier molecular flexibility index (Phi) is 6.06. The molecule has 0 radical (unpaired) electrons. The van der Waals surface area contributed by atoms with E-state index in [-0.39, 0.29) is 18.3 Å². The van der Waals surface area contributed by atoms with Gasteiger partial charge in [0.05, 0.1) is 13.7 Å². The Bertz CT molecular complexity index is 938. The predicted molar refractivity (Wildman–Crippen MR) is 103 cm³/mol. The molecule has 1 atom stereocenters. The summed E-state index contributed by atoms with van der Waals surface area (Å²) in [6, 6.07) is 14.6. The molecule has 0 aliphatic heterocycles. The molecule has 3 aromatic rings. The zero-order chi connectivity index (χ0) is 20.1. The fourth-order valence-corrected chi connectivity index (χ4v) is 2.91. The van der Waals surface area contributed by atoms with Crippen molar-refractivity contribution in [1.29, 1.82) is 0 Å². The number of nitrogens with one attached hydrogen (secondary N) is 1. The molecule has 1 unspecified atom stereocenters. The Morgan fingerprint density at radius 1 is 1.21 bits per heavy atom. The first kappa shape index (κ1) is 19.6. The minimum absolute atomic E-state index is 0.206. The molecule has 1 aromatic heterocycles. The summed E-state index contributed by atoms with van der Waals surface area (Å²) in [6.07, 6.45) is 0. The van der Waals surface area contributed by atoms with E-state index >= 15 is 0 Å². The molecule has 1 amide bonds. The van der Waals surface area contributed by atoms with Gasteiger partial charge in [-0.05, 0) is 43.9 Å². The second-order valence-corrected chi connectivity index (χ2v) is 6.55. The van der Waals surface area contributed by atoms with Crippen LogP contribution in [0.5, 0.6) is 5.75 Å². The maximum absolute atomic E-state index is 13.2. The van der Waals surface area contributed by atoms with Gasteiger partial charge in [-0.3, -0.25) is 9.69 Å². The van der Waals surface area contributed by atoms with Crippen molar-refractivity contribution in [1.82, 2.24) is 15.4 Å². The summed E-state index contributed by atoms with van der Waals surface area (Å²) in [6.45, 7) is 0.220. The number of aromatic nitrogens is 1. The van der Waals surface area contributed by atoms with E-state index in [4.69, 9.17) is 9.26 Å². The lowest BCUT2D eigenvalue weighted by Crippen LogP contribution is -2.36. The average Bonchev–Trinajstić information content (AvgIpc) is 3.17. The SMILES string of the molecule is COc1cccc(-c2cc(CNC(=O)C(c3ccc(F)cc3)N(C)C)no2)c1. The highest BCUT2D eigenvalue weighted by molar-refractivity contribution is 5.83. The molecular formula is C21H22FN3O3. The summed E-state index contributed by atoms with van der Waals surface area (Å²) in [5.41, 5.74) is 2.14. The third kappa shape index (κ3) is 4.55. The van der Waals surface area contributed by atoms with E-state index in [2.05, 4.69) is 10.5 Å². The predicted octanol–water partition coefficient (Wildman–Crippen LogP) is 3.41. The number of methoxy groups -OCH3 is 1. The van der Waals surface area contributed by atoms with Crippen molar-refractivity contribution in [2.24, 2.45) is 0 Å². The average molecular weight is 383 g/mol. The van der Waals surface area contributed by atoms with Gasteiger partial charge in [0.25, 0.3) is 0 Å². The zero-order valence-corrected chi connectivity index (χ0v) is 16.0. The van der Waals surface area contributed by atoms with E-state index in [0.717, 1.165) is 11.3 Å². The van der Waals surface area contributed by atoms with Crippen LogP contribution < -0.4 is 10.1 Å². The largest absolute Gasteiger partial charge is 0.497 e. The van der Waals surface area contributed by atoms with Gasteiger partial charge in [-0.25, -0.2) is 4.39 Å². The van der Waals surface area contributed by atoms with Crippen LogP contribution in [0.3, 0.4) is 0 Å². The highest BCUT2D eigenvalue weighted by atomic mass is 19.1. The van der Waals surface area contributed by atoms with Gasteiger partial charge >= 0.3 is 0 Å². The van der Waals surface area contributed by atoms with Gasteiger partial charge in [0, 0.05) is 11.6 Å². The van der Waals surface area contributed by atoms with Crippen LogP contribution in [0, 0.1) is 5.82 Å². The summed E-state index contributed by atoms with van der Waals surface area (Å²) >= 11 is 0. The Labute approximate surface area is 162 Å². The first-order valence-electron chi connectivity index (χ1n) is 8.77. The summed E-state index contributed by atoms with van der Waals surface area (Å²) in [4.78, 5) is 14.5. The minimum Gasteiger partial charge on any atom is -0.497 e. The van der Waals surface area contributed by atoms with Gasteiger partial charge in [0.15, 0.2) is 5.76 Å². The molecule has 7 heteroatoms. The maximum atomic E-state index is 13.2. The Hall–Kier alpha value is -3.19. The smallest absolute Gasteiger partial charge is 0.242 e. The zero-order valence-electron chi connectivity index (χ0n) is 16.0. The first-order chi connectivity index (χ1) is 13.5. The molecule has 1 N–H and O–H groups in total. The van der Waals surface area contributed by atoms with Crippen molar-refractivity contribution in [3.05, 3.63) is 71.7 Å². The number of hydrogen-bond acceptors (Lipinski definition) is 5. The van der Waals surface area contributed by atoms with Crippen LogP contribution in [-0.4, -0.2) is 37.2 Å². The van der Waals surface area contributed by atoms with E-state index in [0.29, 0.717) is 17.0 Å². The van der Waals surface area contributed by atoms with Crippen molar-refractivity contribution in [2.75, 3.05) is 21.2 Å². The third-order valence-corrected chi connectivity index (χ3v) is 4.31. The van der Waals surface area contributed by atoms with Crippen molar-refractivity contribution >= 4 is 5.91 Å². The molecule has 0 saturated heterocycles. The van der Waals surface area contributed by atoms with Crippen LogP contribution in [0.1, 0.15) is 17.3 Å². The van der Waals surface area contributed by atoms with Gasteiger partial charge in [0.1, 0.15) is 23.3 Å². The number of amides is 1. The number of nitrogens with zero attached hydrogens (tertiary/aromatic N) is 2. The molecule has 0 aliphatic carbocycles. The molecule has 3 rings (SSSR count). The molecule has 0 spiro atoms. The van der Waals surface area contributed by atoms with E-state index < -0.39 is 6.04 Å². The van der Waals surface area contributed by atoms with E-state index in [1.165, 1.54) is 12.1 Å². The van der Waals surface area contributed by atoms with Crippen LogP contribution in [0.15, 0.2) is 59.1 Å². The summed E-state index contributed by atoms with van der Waals surface area (Å²) < 4.78 is 23.8. The third-order valence-electron chi connectivity index (χ3n) is 4.31. The number of halogens is 1. The summed E-state index contributed by atoms with van der Waals surface area (Å²) in [7, 11) is 5.19. The van der Waals surface area contributed by atoms with Gasteiger partial charge < -0.3 is 14.6 Å². The lowest BCUT2D eigenvalue weighted by atomic mass is 10.1. The van der Waals surface area contributed by atoms with Crippen molar-refractivity contribution < 1.29 is 18.4 Å². The summed E-state index contributed by atoms with van der Waals surface area (Å²) in [5, 5.41) is 6.87. The molecule has 0 bridgehead atoms. The topological polar surface area (TPSA) is 67.6 Å². The normalized spacial score (nSPS) is 12.0. The Morgan fingerprint density at radius 2 is 1.96 bits per heavy atom. The summed E-state index contributed by atoms with van der Waals surface area (Å²) in [5.74, 6) is 0.764. The number of likely N-dealkylation sites (N-methyl/N-ethyl adjacent to an activating group) is 1. The number of ether oxygens (including phenoxy) is 1. The van der Waals surface area contributed by atoms with Gasteiger partial charge in [0.2, 0.25) is 5.91 Å². The molecule has 1 heterocycles. The Balaban J connectivity index is 1.68. The maximum Gasteiger partial charge on any atom is 0.242 e. The standard InChI is InChI=1S/C21H22FN3O3/c1-25(2)20(14-7-9-16(22)10-8-14)21(26)23-13-17-12-19(28-24-17)15-5-4-6-18(11-15)27-3/h4-12,20H,13H2,1-3H3,(H,23,26). The quantitative estimate of drug-likeness (QED) is 0.677. The number of carbonyl (C=O) groups excluding carboxylic acids is 1. The van der Waals surface area contributed by atoms with Crippen LogP contribution in [0.4, 0.5) is 4.39 Å². The van der Waals surface area contributed by atoms with Crippen molar-refractivity contribution in [2.45, 2.75) is 12.6 Å². The number of hydrogen-bond donors (Lipinski definition) is 1. The molecule has 6 nitrogen and oxygen atoms in total. The fraction of sp³-hybridized carbons (Fsp3) is 0.238. The minimum atomic E-state index is -0.537. The van der Waals surface area contributed by atoms with Crippen LogP contribution >= 0.6 is 0 Å². The molecule has 146 valence electrons. The highest BCUT2D eigenvalue weighted by Crippen LogP contribution is 2.24. The molecular weight excluding hydrogens is 361 g/mol. The van der Waals surface area contributed by atoms with Gasteiger partial charge in [-0.2, -0.15) is 0 Å². The van der Waals surface area contributed by atoms with Crippen LogP contribution in [0.2, 0.25) is 0 Å². The monoisotopic (exact) mass is 383 g/mol. The second kappa shape index (κ2) is 8.67. The van der Waals surface area contributed by atoms with E-state index in [1.54, 1.807) is 44.3 Å². The molecule has 0 saturated carbocycles. The number of carbonyl (C=O) groups is 1.